The van der Waals surface area contributed by atoms with Gasteiger partial charge in [0.2, 0.25) is 0 Å². The molecule has 1 rings (SSSR count). The van der Waals surface area contributed by atoms with E-state index in [2.05, 4.69) is 93.2 Å². The number of nitrogens with zero attached hydrogens (tertiary/aromatic N) is 1. The first-order valence-electron chi connectivity index (χ1n) is 5.48. The second-order valence-electron chi connectivity index (χ2n) is 4.48. The maximum atomic E-state index is 10.7. The fraction of sp³-hybridized carbons (Fsp3) is 0.250. The summed E-state index contributed by atoms with van der Waals surface area (Å²) in [6.07, 6.45) is 0. The number of hydrogen-bond donors (Lipinski definition) is 0. The van der Waals surface area contributed by atoms with E-state index in [1.54, 1.807) is 12.1 Å². The van der Waals surface area contributed by atoms with Crippen LogP contribution in [0.2, 0.25) is 0 Å². The van der Waals surface area contributed by atoms with E-state index in [1.807, 2.05) is 12.1 Å². The van der Waals surface area contributed by atoms with Gasteiger partial charge >= 0.3 is 132 Å². The molecule has 7 nitrogen and oxygen atoms in total. The second-order valence-corrected chi connectivity index (χ2v) is 5.97. The third-order valence-corrected chi connectivity index (χ3v) is 1.98. The normalized spacial score (nSPS) is 6.56. The summed E-state index contributed by atoms with van der Waals surface area (Å²) < 4.78 is 39.5. The van der Waals surface area contributed by atoms with Crippen LogP contribution < -0.4 is 5.11 Å². The topological polar surface area (TPSA) is 123 Å². The summed E-state index contributed by atoms with van der Waals surface area (Å²) in [5, 5.41) is 10.7. The summed E-state index contributed by atoms with van der Waals surface area (Å²) in [5.74, 6) is 0. The zero-order chi connectivity index (χ0) is 22.1. The summed E-state index contributed by atoms with van der Waals surface area (Å²) in [6.45, 7) is 22.5. The number of rotatable bonds is 1. The molecular formula is C16H16BrCrNO6. The van der Waals surface area contributed by atoms with Gasteiger partial charge in [-0.1, -0.05) is 0 Å². The molecule has 9 heteroatoms. The monoisotopic (exact) mass is 449 g/mol. The fourth-order valence-corrected chi connectivity index (χ4v) is 1.06. The zero-order valence-electron chi connectivity index (χ0n) is 14.0. The average molecular weight is 450 g/mol. The minimum absolute atomic E-state index is 0.0208. The molecule has 1 aromatic carbocycles. The van der Waals surface area contributed by atoms with Gasteiger partial charge in [0.25, 0.3) is 0 Å². The van der Waals surface area contributed by atoms with E-state index in [1.165, 1.54) is 0 Å². The van der Waals surface area contributed by atoms with Crippen LogP contribution in [0.15, 0.2) is 28.7 Å². The number of halogens is 1. The van der Waals surface area contributed by atoms with Crippen molar-refractivity contribution >= 4 is 20.5 Å². The first-order chi connectivity index (χ1) is 11.7. The molecule has 0 aliphatic carbocycles. The molecule has 0 N–H and O–H groups in total. The van der Waals surface area contributed by atoms with E-state index in [4.69, 9.17) is 23.3 Å². The molecule has 134 valence electrons. The van der Waals surface area contributed by atoms with Crippen LogP contribution in [0.25, 0.3) is 0 Å². The Bertz CT molecular complexity index is 472. The van der Waals surface area contributed by atoms with Crippen molar-refractivity contribution in [1.29, 1.82) is 0 Å². The van der Waals surface area contributed by atoms with E-state index in [9.17, 15) is 5.11 Å². The summed E-state index contributed by atoms with van der Waals surface area (Å²) in [5.41, 5.74) is 0.697. The van der Waals surface area contributed by atoms with Crippen molar-refractivity contribution in [2.45, 2.75) is 0 Å². The van der Waals surface area contributed by atoms with E-state index in [-0.39, 0.29) is 4.57 Å². The molecule has 0 saturated heterocycles. The summed E-state index contributed by atoms with van der Waals surface area (Å²) in [6, 6.07) is 7.21. The van der Waals surface area contributed by atoms with Crippen LogP contribution in [0.5, 0.6) is 0 Å². The summed E-state index contributed by atoms with van der Waals surface area (Å²) in [7, 11) is 8.50. The summed E-state index contributed by atoms with van der Waals surface area (Å²) >= 11 is 5.69. The Morgan fingerprint density at radius 3 is 1.16 bits per heavy atom. The maximum absolute atomic E-state index is 10.7. The predicted molar refractivity (Wildman–Crippen MR) is 81.9 cm³/mol. The third-order valence-electron chi connectivity index (χ3n) is 1.08. The van der Waals surface area contributed by atoms with Gasteiger partial charge in [-0.25, -0.2) is 0 Å². The van der Waals surface area contributed by atoms with Gasteiger partial charge in [-0.05, 0) is 0 Å². The van der Waals surface area contributed by atoms with Crippen LogP contribution in [-0.4, -0.2) is 37.2 Å². The quantitative estimate of drug-likeness (QED) is 0.353. The molecule has 1 aromatic rings. The molecule has 0 amide bonds. The summed E-state index contributed by atoms with van der Waals surface area (Å²) in [4.78, 5) is 0. The zero-order valence-corrected chi connectivity index (χ0v) is 16.9. The van der Waals surface area contributed by atoms with Crippen molar-refractivity contribution in [1.82, 2.24) is 0 Å². The average Bonchev–Trinajstić information content (AvgIpc) is 2.63. The Balaban J connectivity index is -0.0000000515. The first-order valence-corrected chi connectivity index (χ1v) is 6.91. The van der Waals surface area contributed by atoms with E-state index in [0.717, 1.165) is 8.96 Å². The molecule has 25 heavy (non-hydrogen) atoms. The van der Waals surface area contributed by atoms with E-state index >= 15 is 0 Å². The molecule has 0 radical (unpaired) electrons. The molecule has 0 atom stereocenters. The Morgan fingerprint density at radius 2 is 1.00 bits per heavy atom. The van der Waals surface area contributed by atoms with Crippen LogP contribution in [-0.2, 0) is 39.1 Å². The van der Waals surface area contributed by atoms with Gasteiger partial charge in [-0.3, -0.25) is 0 Å². The standard InChI is InChI=1S/C7H4BrO.C4H12N.5CO.Cr/c8-7-3-1-6(5-9)2-4-7;1-5(2,3)4;5*1-2;/h1-4H;1-4H3;;;;;;/q-1;+1;;;;;;. The third kappa shape index (κ3) is 60.3. The van der Waals surface area contributed by atoms with Gasteiger partial charge in [-0.15, -0.1) is 0 Å². The SMILES string of the molecule is C[N+](C)(C)C.[C-]#[O+].[C-]#[O+].[C-]#[O+].[C-]#[O+].[C-]#[O+].[O-][C](=[Cr])c1ccc(Br)cc1. The molecule has 0 aromatic heterocycles. The first kappa shape index (κ1) is 39.0. The van der Waals surface area contributed by atoms with Crippen molar-refractivity contribution in [2.24, 2.45) is 0 Å². The Kier molecular flexibility index (Phi) is 53.2. The molecule has 0 spiro atoms. The fourth-order valence-electron chi connectivity index (χ4n) is 0.586. The van der Waals surface area contributed by atoms with E-state index < -0.39 is 0 Å². The second kappa shape index (κ2) is 34.1. The molecule has 0 fully saturated rings. The number of quaternary nitrogens is 1. The van der Waals surface area contributed by atoms with Gasteiger partial charge in [0.15, 0.2) is 0 Å². The van der Waals surface area contributed by atoms with Crippen LogP contribution in [0.1, 0.15) is 5.56 Å². The van der Waals surface area contributed by atoms with Crippen molar-refractivity contribution in [3.63, 3.8) is 0 Å². The van der Waals surface area contributed by atoms with E-state index in [0.29, 0.717) is 5.56 Å². The van der Waals surface area contributed by atoms with Crippen molar-refractivity contribution in [3.05, 3.63) is 67.6 Å². The Morgan fingerprint density at radius 1 is 0.800 bits per heavy atom. The molecule has 0 saturated carbocycles. The van der Waals surface area contributed by atoms with Gasteiger partial charge in [0, 0.05) is 0 Å². The Hall–Kier alpha value is -1.28. The Labute approximate surface area is 164 Å². The van der Waals surface area contributed by atoms with Crippen LogP contribution in [0.3, 0.4) is 0 Å². The van der Waals surface area contributed by atoms with Crippen molar-refractivity contribution in [3.8, 4) is 0 Å². The predicted octanol–water partition coefficient (Wildman–Crippen LogP) is 0.969. The van der Waals surface area contributed by atoms with Gasteiger partial charge < -0.3 is 4.48 Å². The van der Waals surface area contributed by atoms with Gasteiger partial charge in [0.1, 0.15) is 0 Å². The van der Waals surface area contributed by atoms with Crippen LogP contribution in [0, 0.1) is 33.3 Å². The van der Waals surface area contributed by atoms with Crippen molar-refractivity contribution in [2.75, 3.05) is 28.2 Å². The van der Waals surface area contributed by atoms with Gasteiger partial charge in [-0.2, -0.15) is 0 Å². The molecular weight excluding hydrogens is 434 g/mol. The molecule has 0 aliphatic heterocycles. The molecule has 0 bridgehead atoms. The molecule has 0 aliphatic rings. The number of benzene rings is 1. The van der Waals surface area contributed by atoms with Crippen molar-refractivity contribution < 1.29 is 48.7 Å². The van der Waals surface area contributed by atoms with Crippen LogP contribution in [0.4, 0.5) is 0 Å². The van der Waals surface area contributed by atoms with Crippen LogP contribution >= 0.6 is 15.9 Å². The minimum atomic E-state index is -0.0208. The molecule has 0 heterocycles. The number of hydrogen-bond acceptors (Lipinski definition) is 1. The van der Waals surface area contributed by atoms with Gasteiger partial charge in [0.05, 0.1) is 28.2 Å². The molecule has 0 unspecified atom stereocenters.